The molecule has 0 aliphatic carbocycles. The van der Waals surface area contributed by atoms with Crippen LogP contribution in [-0.4, -0.2) is 16.1 Å². The molecule has 1 aromatic heterocycles. The van der Waals surface area contributed by atoms with Crippen molar-refractivity contribution in [3.05, 3.63) is 35.7 Å². The van der Waals surface area contributed by atoms with Crippen LogP contribution in [-0.2, 0) is 0 Å². The molecule has 0 saturated carbocycles. The van der Waals surface area contributed by atoms with Crippen LogP contribution in [0, 0.1) is 13.8 Å². The molecule has 0 fully saturated rings. The van der Waals surface area contributed by atoms with Crippen molar-refractivity contribution in [3.8, 4) is 17.0 Å². The van der Waals surface area contributed by atoms with Gasteiger partial charge in [-0.1, -0.05) is 0 Å². The van der Waals surface area contributed by atoms with Crippen LogP contribution in [0.4, 0.5) is 5.82 Å². The summed E-state index contributed by atoms with van der Waals surface area (Å²) in [4.78, 5) is 8.81. The highest BCUT2D eigenvalue weighted by atomic mass is 16.5. The van der Waals surface area contributed by atoms with Crippen molar-refractivity contribution in [2.45, 2.75) is 33.8 Å². The van der Waals surface area contributed by atoms with Crippen molar-refractivity contribution in [1.29, 1.82) is 0 Å². The van der Waals surface area contributed by atoms with E-state index in [-0.39, 0.29) is 6.10 Å². The van der Waals surface area contributed by atoms with Gasteiger partial charge in [0.05, 0.1) is 17.5 Å². The molecule has 0 bridgehead atoms. The van der Waals surface area contributed by atoms with Gasteiger partial charge >= 0.3 is 0 Å². The maximum Gasteiger partial charge on any atom is 0.150 e. The number of anilines is 1. The molecule has 0 saturated heterocycles. The van der Waals surface area contributed by atoms with Crippen LogP contribution in [0.15, 0.2) is 24.3 Å². The van der Waals surface area contributed by atoms with Crippen LogP contribution in [0.1, 0.15) is 25.2 Å². The first-order valence-electron chi connectivity index (χ1n) is 6.35. The van der Waals surface area contributed by atoms with Gasteiger partial charge < -0.3 is 10.5 Å². The summed E-state index contributed by atoms with van der Waals surface area (Å²) in [5.41, 5.74) is 9.36. The molecule has 0 aliphatic rings. The van der Waals surface area contributed by atoms with Crippen molar-refractivity contribution >= 4 is 5.82 Å². The summed E-state index contributed by atoms with van der Waals surface area (Å²) >= 11 is 0. The minimum Gasteiger partial charge on any atom is -0.491 e. The number of ether oxygens (including phenoxy) is 1. The van der Waals surface area contributed by atoms with E-state index in [4.69, 9.17) is 10.5 Å². The van der Waals surface area contributed by atoms with Gasteiger partial charge in [0.1, 0.15) is 17.3 Å². The highest BCUT2D eigenvalue weighted by molar-refractivity contribution is 5.70. The molecule has 1 aromatic carbocycles. The zero-order valence-electron chi connectivity index (χ0n) is 11.8. The predicted molar refractivity (Wildman–Crippen MR) is 77.1 cm³/mol. The molecule has 1 heterocycles. The molecule has 0 radical (unpaired) electrons. The highest BCUT2D eigenvalue weighted by Gasteiger charge is 2.09. The molecule has 0 spiro atoms. The number of hydrogen-bond donors (Lipinski definition) is 1. The van der Waals surface area contributed by atoms with Gasteiger partial charge in [-0.15, -0.1) is 0 Å². The third-order valence-corrected chi connectivity index (χ3v) is 2.83. The molecular formula is C15H19N3O. The lowest BCUT2D eigenvalue weighted by molar-refractivity contribution is 0.242. The van der Waals surface area contributed by atoms with Crippen molar-refractivity contribution in [3.63, 3.8) is 0 Å². The Kier molecular flexibility index (Phi) is 3.69. The summed E-state index contributed by atoms with van der Waals surface area (Å²) in [6.07, 6.45) is 0.164. The molecule has 2 rings (SSSR count). The maximum absolute atomic E-state index is 5.94. The van der Waals surface area contributed by atoms with Gasteiger partial charge in [-0.25, -0.2) is 9.97 Å². The first-order chi connectivity index (χ1) is 8.97. The molecule has 2 N–H and O–H groups in total. The topological polar surface area (TPSA) is 61.0 Å². The second kappa shape index (κ2) is 5.26. The molecule has 4 heteroatoms. The number of nitrogens with two attached hydrogens (primary N) is 1. The van der Waals surface area contributed by atoms with Gasteiger partial charge in [0, 0.05) is 5.56 Å². The number of aryl methyl sites for hydroxylation is 2. The average Bonchev–Trinajstić information content (AvgIpc) is 2.34. The monoisotopic (exact) mass is 257 g/mol. The SMILES string of the molecule is Cc1nc(N)c(-c2ccc(OC(C)C)cc2)nc1C. The second-order valence-corrected chi connectivity index (χ2v) is 4.82. The van der Waals surface area contributed by atoms with E-state index in [0.717, 1.165) is 28.4 Å². The summed E-state index contributed by atoms with van der Waals surface area (Å²) < 4.78 is 5.61. The molecule has 0 aliphatic heterocycles. The molecule has 0 amide bonds. The van der Waals surface area contributed by atoms with Crippen molar-refractivity contribution < 1.29 is 4.74 Å². The minimum atomic E-state index is 0.164. The standard InChI is InChI=1S/C15H19N3O/c1-9(2)19-13-7-5-12(6-8-13)14-15(16)18-11(4)10(3)17-14/h5-9H,1-4H3,(H2,16,18). The third-order valence-electron chi connectivity index (χ3n) is 2.83. The second-order valence-electron chi connectivity index (χ2n) is 4.82. The number of aromatic nitrogens is 2. The van der Waals surface area contributed by atoms with Crippen molar-refractivity contribution in [1.82, 2.24) is 9.97 Å². The minimum absolute atomic E-state index is 0.164. The predicted octanol–water partition coefficient (Wildman–Crippen LogP) is 3.13. The van der Waals surface area contributed by atoms with E-state index in [1.165, 1.54) is 0 Å². The third kappa shape index (κ3) is 3.02. The van der Waals surface area contributed by atoms with Gasteiger partial charge in [-0.2, -0.15) is 0 Å². The lowest BCUT2D eigenvalue weighted by atomic mass is 10.1. The summed E-state index contributed by atoms with van der Waals surface area (Å²) in [5, 5.41) is 0. The van der Waals surface area contributed by atoms with Crippen LogP contribution >= 0.6 is 0 Å². The van der Waals surface area contributed by atoms with Crippen LogP contribution < -0.4 is 10.5 Å². The first-order valence-corrected chi connectivity index (χ1v) is 6.35. The number of hydrogen-bond acceptors (Lipinski definition) is 4. The summed E-state index contributed by atoms with van der Waals surface area (Å²) in [6.45, 7) is 7.84. The average molecular weight is 257 g/mol. The smallest absolute Gasteiger partial charge is 0.150 e. The quantitative estimate of drug-likeness (QED) is 0.917. The zero-order valence-corrected chi connectivity index (χ0v) is 11.8. The van der Waals surface area contributed by atoms with Gasteiger partial charge in [0.15, 0.2) is 0 Å². The summed E-state index contributed by atoms with van der Waals surface area (Å²) in [7, 11) is 0. The van der Waals surface area contributed by atoms with E-state index in [0.29, 0.717) is 5.82 Å². The van der Waals surface area contributed by atoms with E-state index in [1.54, 1.807) is 0 Å². The summed E-state index contributed by atoms with van der Waals surface area (Å²) in [5.74, 6) is 1.30. The van der Waals surface area contributed by atoms with Gasteiger partial charge in [-0.05, 0) is 52.0 Å². The molecule has 19 heavy (non-hydrogen) atoms. The molecule has 0 atom stereocenters. The Morgan fingerprint density at radius 2 is 1.58 bits per heavy atom. The van der Waals surface area contributed by atoms with E-state index >= 15 is 0 Å². The number of benzene rings is 1. The van der Waals surface area contributed by atoms with Gasteiger partial charge in [0.25, 0.3) is 0 Å². The highest BCUT2D eigenvalue weighted by Crippen LogP contribution is 2.25. The number of nitrogens with zero attached hydrogens (tertiary/aromatic N) is 2. The van der Waals surface area contributed by atoms with Crippen LogP contribution in [0.5, 0.6) is 5.75 Å². The van der Waals surface area contributed by atoms with Crippen molar-refractivity contribution in [2.24, 2.45) is 0 Å². The number of rotatable bonds is 3. The Morgan fingerprint density at radius 1 is 1.00 bits per heavy atom. The fraction of sp³-hybridized carbons (Fsp3) is 0.333. The lowest BCUT2D eigenvalue weighted by Crippen LogP contribution is -2.05. The Morgan fingerprint density at radius 3 is 2.16 bits per heavy atom. The van der Waals surface area contributed by atoms with Crippen LogP contribution in [0.3, 0.4) is 0 Å². The fourth-order valence-corrected chi connectivity index (χ4v) is 1.80. The van der Waals surface area contributed by atoms with Gasteiger partial charge in [-0.3, -0.25) is 0 Å². The molecule has 2 aromatic rings. The largest absolute Gasteiger partial charge is 0.491 e. The summed E-state index contributed by atoms with van der Waals surface area (Å²) in [6, 6.07) is 7.75. The molecular weight excluding hydrogens is 238 g/mol. The Bertz CT molecular complexity index is 577. The molecule has 4 nitrogen and oxygen atoms in total. The van der Waals surface area contributed by atoms with Crippen LogP contribution in [0.2, 0.25) is 0 Å². The van der Waals surface area contributed by atoms with E-state index in [2.05, 4.69) is 9.97 Å². The first kappa shape index (κ1) is 13.3. The Labute approximate surface area is 113 Å². The van der Waals surface area contributed by atoms with E-state index in [9.17, 15) is 0 Å². The van der Waals surface area contributed by atoms with E-state index in [1.807, 2.05) is 52.0 Å². The van der Waals surface area contributed by atoms with E-state index < -0.39 is 0 Å². The fourth-order valence-electron chi connectivity index (χ4n) is 1.80. The van der Waals surface area contributed by atoms with Crippen molar-refractivity contribution in [2.75, 3.05) is 5.73 Å². The Hall–Kier alpha value is -2.10. The Balaban J connectivity index is 2.34. The van der Waals surface area contributed by atoms with Crippen LogP contribution in [0.25, 0.3) is 11.3 Å². The van der Waals surface area contributed by atoms with Gasteiger partial charge in [0.2, 0.25) is 0 Å². The maximum atomic E-state index is 5.94. The number of nitrogen functional groups attached to an aromatic ring is 1. The normalized spacial score (nSPS) is 10.8. The molecule has 100 valence electrons. The lowest BCUT2D eigenvalue weighted by Gasteiger charge is -2.11. The molecule has 0 unspecified atom stereocenters. The zero-order chi connectivity index (χ0) is 14.0.